The first-order chi connectivity index (χ1) is 9.23. The number of alkyl halides is 4. The molecule has 0 amide bonds. The molecule has 1 atom stereocenters. The van der Waals surface area contributed by atoms with Crippen molar-refractivity contribution in [3.8, 4) is 5.75 Å². The highest BCUT2D eigenvalue weighted by molar-refractivity contribution is 6.18. The van der Waals surface area contributed by atoms with E-state index in [1.165, 1.54) is 0 Å². The van der Waals surface area contributed by atoms with Gasteiger partial charge in [-0.05, 0) is 18.2 Å². The molecule has 0 spiro atoms. The van der Waals surface area contributed by atoms with Crippen molar-refractivity contribution >= 4 is 23.3 Å². The van der Waals surface area contributed by atoms with E-state index in [0.29, 0.717) is 0 Å². The maximum atomic E-state index is 12.0. The Hall–Kier alpha value is -1.67. The van der Waals surface area contributed by atoms with E-state index >= 15 is 0 Å². The Kier molecular flexibility index (Phi) is 5.46. The zero-order valence-corrected chi connectivity index (χ0v) is 10.7. The van der Waals surface area contributed by atoms with Gasteiger partial charge in [-0.3, -0.25) is 0 Å². The number of carboxylic acid groups (broad SMARTS) is 1. The number of hydrogen-bond donors (Lipinski definition) is 3. The number of halogens is 4. The Morgan fingerprint density at radius 2 is 2.10 bits per heavy atom. The third kappa shape index (κ3) is 5.14. The van der Waals surface area contributed by atoms with Crippen molar-refractivity contribution in [2.24, 2.45) is 0 Å². The molecule has 0 saturated carbocycles. The highest BCUT2D eigenvalue weighted by Gasteiger charge is 2.31. The molecule has 0 saturated heterocycles. The van der Waals surface area contributed by atoms with Crippen LogP contribution in [0.25, 0.3) is 0 Å². The van der Waals surface area contributed by atoms with Crippen LogP contribution in [0.4, 0.5) is 18.9 Å². The summed E-state index contributed by atoms with van der Waals surface area (Å²) in [6, 6.07) is 2.83. The summed E-state index contributed by atoms with van der Waals surface area (Å²) in [5.41, 5.74) is -0.357. The first-order valence-corrected chi connectivity index (χ1v) is 5.87. The molecule has 0 aliphatic heterocycles. The summed E-state index contributed by atoms with van der Waals surface area (Å²) in [5, 5.41) is 20.8. The summed E-state index contributed by atoms with van der Waals surface area (Å²) < 4.78 is 39.8. The number of hydrogen-bond acceptors (Lipinski definition) is 4. The summed E-state index contributed by atoms with van der Waals surface area (Å²) in [6.07, 6.45) is -5.82. The molecular formula is C11H11ClF3NO4. The van der Waals surface area contributed by atoms with Crippen LogP contribution in [0.3, 0.4) is 0 Å². The maximum absolute atomic E-state index is 12.0. The molecule has 112 valence electrons. The molecule has 5 nitrogen and oxygen atoms in total. The Labute approximate surface area is 116 Å². The number of rotatable bonds is 6. The molecule has 0 aliphatic carbocycles. The van der Waals surface area contributed by atoms with Crippen LogP contribution in [0.15, 0.2) is 18.2 Å². The van der Waals surface area contributed by atoms with Crippen molar-refractivity contribution in [1.82, 2.24) is 0 Å². The van der Waals surface area contributed by atoms with Gasteiger partial charge >= 0.3 is 12.3 Å². The second-order valence-corrected chi connectivity index (χ2v) is 4.06. The number of anilines is 1. The van der Waals surface area contributed by atoms with E-state index in [1.54, 1.807) is 0 Å². The second kappa shape index (κ2) is 6.67. The Morgan fingerprint density at radius 1 is 1.45 bits per heavy atom. The highest BCUT2D eigenvalue weighted by Crippen LogP contribution is 2.27. The van der Waals surface area contributed by atoms with Crippen LogP contribution in [-0.2, 0) is 0 Å². The first kappa shape index (κ1) is 16.4. The van der Waals surface area contributed by atoms with Gasteiger partial charge < -0.3 is 20.3 Å². The van der Waals surface area contributed by atoms with Gasteiger partial charge in [0.05, 0.1) is 17.5 Å². The van der Waals surface area contributed by atoms with Crippen molar-refractivity contribution in [3.05, 3.63) is 23.8 Å². The van der Waals surface area contributed by atoms with Crippen LogP contribution in [0.5, 0.6) is 5.75 Å². The fourth-order valence-electron chi connectivity index (χ4n) is 1.33. The molecule has 20 heavy (non-hydrogen) atoms. The molecule has 9 heteroatoms. The van der Waals surface area contributed by atoms with Crippen LogP contribution in [-0.4, -0.2) is 41.1 Å². The minimum absolute atomic E-state index is 0.0384. The lowest BCUT2D eigenvalue weighted by Gasteiger charge is -2.14. The molecule has 0 radical (unpaired) electrons. The third-order valence-corrected chi connectivity index (χ3v) is 2.52. The number of aliphatic hydroxyl groups excluding tert-OH is 1. The minimum Gasteiger partial charge on any atom is -0.478 e. The number of ether oxygens (including phenoxy) is 1. The van der Waals surface area contributed by atoms with E-state index < -0.39 is 29.7 Å². The van der Waals surface area contributed by atoms with Crippen LogP contribution in [0.1, 0.15) is 10.4 Å². The smallest absolute Gasteiger partial charge is 0.478 e. The topological polar surface area (TPSA) is 78.8 Å². The molecular weight excluding hydrogens is 303 g/mol. The lowest BCUT2D eigenvalue weighted by atomic mass is 10.1. The van der Waals surface area contributed by atoms with Gasteiger partial charge in [-0.1, -0.05) is 0 Å². The summed E-state index contributed by atoms with van der Waals surface area (Å²) >= 11 is 5.37. The second-order valence-electron chi connectivity index (χ2n) is 3.75. The molecule has 0 aliphatic rings. The van der Waals surface area contributed by atoms with E-state index in [-0.39, 0.29) is 18.1 Å². The van der Waals surface area contributed by atoms with Crippen molar-refractivity contribution in [2.75, 3.05) is 17.7 Å². The highest BCUT2D eigenvalue weighted by atomic mass is 35.5. The Morgan fingerprint density at radius 3 is 2.60 bits per heavy atom. The number of carbonyl (C=O) groups is 1. The van der Waals surface area contributed by atoms with Gasteiger partial charge in [0.1, 0.15) is 5.75 Å². The number of aliphatic hydroxyl groups is 1. The van der Waals surface area contributed by atoms with Gasteiger partial charge in [0.2, 0.25) is 0 Å². The zero-order chi connectivity index (χ0) is 15.3. The third-order valence-electron chi connectivity index (χ3n) is 2.16. The number of aromatic carboxylic acids is 1. The molecule has 1 aromatic rings. The van der Waals surface area contributed by atoms with E-state index in [4.69, 9.17) is 16.7 Å². The molecule has 0 bridgehead atoms. The first-order valence-electron chi connectivity index (χ1n) is 5.34. The van der Waals surface area contributed by atoms with Crippen LogP contribution in [0.2, 0.25) is 0 Å². The number of nitrogens with one attached hydrogen (secondary N) is 1. The Bertz CT molecular complexity index is 481. The van der Waals surface area contributed by atoms with Gasteiger partial charge in [0, 0.05) is 12.2 Å². The molecule has 0 aromatic heterocycles. The van der Waals surface area contributed by atoms with E-state index in [1.807, 2.05) is 0 Å². The number of benzene rings is 1. The molecule has 1 unspecified atom stereocenters. The number of carboxylic acids is 1. The van der Waals surface area contributed by atoms with Crippen LogP contribution >= 0.6 is 11.6 Å². The summed E-state index contributed by atoms with van der Waals surface area (Å²) in [4.78, 5) is 11.0. The van der Waals surface area contributed by atoms with Crippen molar-refractivity contribution in [2.45, 2.75) is 12.5 Å². The largest absolute Gasteiger partial charge is 0.573 e. The molecule has 3 N–H and O–H groups in total. The Balaban J connectivity index is 2.93. The fourth-order valence-corrected chi connectivity index (χ4v) is 1.44. The molecule has 0 heterocycles. The summed E-state index contributed by atoms with van der Waals surface area (Å²) in [5.74, 6) is -2.14. The van der Waals surface area contributed by atoms with Gasteiger partial charge in [-0.2, -0.15) is 0 Å². The van der Waals surface area contributed by atoms with Gasteiger partial charge in [0.15, 0.2) is 0 Å². The lowest BCUT2D eigenvalue weighted by Crippen LogP contribution is -2.22. The SMILES string of the molecule is O=C(O)c1cc(OC(F)(F)F)ccc1NCC(O)CCl. The van der Waals surface area contributed by atoms with Crippen molar-refractivity contribution in [3.63, 3.8) is 0 Å². The molecule has 0 fully saturated rings. The van der Waals surface area contributed by atoms with E-state index in [9.17, 15) is 23.1 Å². The predicted molar refractivity (Wildman–Crippen MR) is 65.3 cm³/mol. The standard InChI is InChI=1S/C11H11ClF3NO4/c12-4-6(17)5-16-9-2-1-7(20-11(13,14)15)3-8(9)10(18)19/h1-3,6,16-17H,4-5H2,(H,18,19). The quantitative estimate of drug-likeness (QED) is 0.702. The lowest BCUT2D eigenvalue weighted by molar-refractivity contribution is -0.274. The minimum atomic E-state index is -4.90. The molecule has 1 rings (SSSR count). The fraction of sp³-hybridized carbons (Fsp3) is 0.364. The maximum Gasteiger partial charge on any atom is 0.573 e. The monoisotopic (exact) mass is 313 g/mol. The van der Waals surface area contributed by atoms with Crippen molar-refractivity contribution in [1.29, 1.82) is 0 Å². The normalized spacial score (nSPS) is 12.8. The molecule has 1 aromatic carbocycles. The summed E-state index contributed by atoms with van der Waals surface area (Å²) in [6.45, 7) is -0.0384. The summed E-state index contributed by atoms with van der Waals surface area (Å²) in [7, 11) is 0. The van der Waals surface area contributed by atoms with Gasteiger partial charge in [-0.15, -0.1) is 24.8 Å². The predicted octanol–water partition coefficient (Wildman–Crippen LogP) is 2.29. The average Bonchev–Trinajstić information content (AvgIpc) is 2.34. The van der Waals surface area contributed by atoms with Crippen molar-refractivity contribution < 1.29 is 32.9 Å². The van der Waals surface area contributed by atoms with Gasteiger partial charge in [-0.25, -0.2) is 4.79 Å². The van der Waals surface area contributed by atoms with Crippen LogP contribution in [0, 0.1) is 0 Å². The van der Waals surface area contributed by atoms with Gasteiger partial charge in [0.25, 0.3) is 0 Å². The average molecular weight is 314 g/mol. The van der Waals surface area contributed by atoms with Crippen LogP contribution < -0.4 is 10.1 Å². The van der Waals surface area contributed by atoms with E-state index in [0.717, 1.165) is 18.2 Å². The zero-order valence-electron chi connectivity index (χ0n) is 9.95. The van der Waals surface area contributed by atoms with E-state index in [2.05, 4.69) is 10.1 Å².